The monoisotopic (exact) mass is 240 g/mol. The van der Waals surface area contributed by atoms with Crippen LogP contribution < -0.4 is 4.74 Å². The molecule has 2 aromatic carbocycles. The predicted molar refractivity (Wildman–Crippen MR) is 68.3 cm³/mol. The Balaban J connectivity index is 2.40. The van der Waals surface area contributed by atoms with Gasteiger partial charge in [0, 0.05) is 11.1 Å². The molecule has 90 valence electrons. The van der Waals surface area contributed by atoms with Crippen molar-refractivity contribution in [3.8, 4) is 5.75 Å². The van der Waals surface area contributed by atoms with Crippen LogP contribution in [-0.4, -0.2) is 19.2 Å². The maximum atomic E-state index is 12.2. The maximum Gasteiger partial charge on any atom is 0.193 e. The van der Waals surface area contributed by atoms with Crippen LogP contribution >= 0.6 is 0 Å². The Kier molecular flexibility index (Phi) is 3.53. The highest BCUT2D eigenvalue weighted by Crippen LogP contribution is 2.19. The first-order valence-electron chi connectivity index (χ1n) is 5.49. The van der Waals surface area contributed by atoms with E-state index in [2.05, 4.69) is 0 Å². The minimum atomic E-state index is -0.110. The van der Waals surface area contributed by atoms with Gasteiger partial charge in [-0.1, -0.05) is 30.3 Å². The zero-order valence-electron chi connectivity index (χ0n) is 9.92. The van der Waals surface area contributed by atoms with E-state index in [9.17, 15) is 9.59 Å². The van der Waals surface area contributed by atoms with E-state index in [1.165, 1.54) is 7.11 Å². The fourth-order valence-electron chi connectivity index (χ4n) is 1.72. The molecule has 0 aliphatic carbocycles. The Hall–Kier alpha value is -2.42. The first-order chi connectivity index (χ1) is 8.76. The Morgan fingerprint density at radius 1 is 1.06 bits per heavy atom. The van der Waals surface area contributed by atoms with Gasteiger partial charge in [0.15, 0.2) is 12.1 Å². The molecule has 0 aliphatic rings. The van der Waals surface area contributed by atoms with E-state index in [1.807, 2.05) is 6.07 Å². The van der Waals surface area contributed by atoms with Crippen LogP contribution in [0.2, 0.25) is 0 Å². The number of ether oxygens (including phenoxy) is 1. The molecule has 0 unspecified atom stereocenters. The standard InChI is InChI=1S/C15H12O3/c1-18-14-8-7-12(9-13(14)10-16)15(17)11-5-3-2-4-6-11/h2-10H,1H3. The van der Waals surface area contributed by atoms with E-state index in [4.69, 9.17) is 4.74 Å². The molecule has 0 bridgehead atoms. The molecule has 3 heteroatoms. The largest absolute Gasteiger partial charge is 0.496 e. The lowest BCUT2D eigenvalue weighted by Gasteiger charge is -2.06. The van der Waals surface area contributed by atoms with Gasteiger partial charge in [0.25, 0.3) is 0 Å². The third-order valence-corrected chi connectivity index (χ3v) is 2.65. The molecular formula is C15H12O3. The molecule has 0 N–H and O–H groups in total. The molecule has 3 nitrogen and oxygen atoms in total. The number of methoxy groups -OCH3 is 1. The van der Waals surface area contributed by atoms with Gasteiger partial charge in [-0.05, 0) is 18.2 Å². The number of carbonyl (C=O) groups excluding carboxylic acids is 2. The maximum absolute atomic E-state index is 12.2. The molecule has 2 rings (SSSR count). The summed E-state index contributed by atoms with van der Waals surface area (Å²) in [6.07, 6.45) is 0.681. The van der Waals surface area contributed by atoms with E-state index < -0.39 is 0 Å². The van der Waals surface area contributed by atoms with Crippen LogP contribution in [-0.2, 0) is 0 Å². The van der Waals surface area contributed by atoms with Gasteiger partial charge in [0.1, 0.15) is 5.75 Å². The predicted octanol–water partition coefficient (Wildman–Crippen LogP) is 2.74. The summed E-state index contributed by atoms with van der Waals surface area (Å²) in [7, 11) is 1.49. The van der Waals surface area contributed by atoms with Crippen molar-refractivity contribution in [3.05, 3.63) is 65.2 Å². The second-order valence-electron chi connectivity index (χ2n) is 3.77. The van der Waals surface area contributed by atoms with Crippen LogP contribution in [0.3, 0.4) is 0 Å². The van der Waals surface area contributed by atoms with Crippen molar-refractivity contribution in [1.82, 2.24) is 0 Å². The Labute approximate surface area is 105 Å². The zero-order valence-corrected chi connectivity index (χ0v) is 9.92. The topological polar surface area (TPSA) is 43.4 Å². The van der Waals surface area contributed by atoms with Crippen LogP contribution in [0, 0.1) is 0 Å². The highest BCUT2D eigenvalue weighted by atomic mass is 16.5. The molecule has 0 atom stereocenters. The molecule has 0 fully saturated rings. The number of carbonyl (C=O) groups is 2. The van der Waals surface area contributed by atoms with Gasteiger partial charge in [0.05, 0.1) is 12.7 Å². The number of benzene rings is 2. The van der Waals surface area contributed by atoms with Crippen LogP contribution in [0.1, 0.15) is 26.3 Å². The molecule has 0 radical (unpaired) electrons. The van der Waals surface area contributed by atoms with Gasteiger partial charge in [-0.15, -0.1) is 0 Å². The van der Waals surface area contributed by atoms with Crippen LogP contribution in [0.5, 0.6) is 5.75 Å². The minimum absolute atomic E-state index is 0.110. The van der Waals surface area contributed by atoms with Crippen LogP contribution in [0.15, 0.2) is 48.5 Å². The number of hydrogen-bond donors (Lipinski definition) is 0. The second kappa shape index (κ2) is 5.27. The highest BCUT2D eigenvalue weighted by molar-refractivity contribution is 6.09. The van der Waals surface area contributed by atoms with Crippen molar-refractivity contribution in [2.75, 3.05) is 7.11 Å². The van der Waals surface area contributed by atoms with Gasteiger partial charge in [-0.2, -0.15) is 0 Å². The number of ketones is 1. The average molecular weight is 240 g/mol. The summed E-state index contributed by atoms with van der Waals surface area (Å²) >= 11 is 0. The first-order valence-corrected chi connectivity index (χ1v) is 5.49. The van der Waals surface area contributed by atoms with Gasteiger partial charge in [-0.3, -0.25) is 9.59 Å². The van der Waals surface area contributed by atoms with Gasteiger partial charge < -0.3 is 4.74 Å². The Bertz CT molecular complexity index is 574. The van der Waals surface area contributed by atoms with Crippen molar-refractivity contribution >= 4 is 12.1 Å². The summed E-state index contributed by atoms with van der Waals surface area (Å²) in [4.78, 5) is 23.1. The molecule has 0 heterocycles. The summed E-state index contributed by atoms with van der Waals surface area (Å²) in [5.41, 5.74) is 1.45. The van der Waals surface area contributed by atoms with E-state index in [-0.39, 0.29) is 5.78 Å². The first kappa shape index (κ1) is 12.0. The van der Waals surface area contributed by atoms with Crippen molar-refractivity contribution in [2.24, 2.45) is 0 Å². The molecule has 0 saturated heterocycles. The smallest absolute Gasteiger partial charge is 0.193 e. The second-order valence-corrected chi connectivity index (χ2v) is 3.77. The van der Waals surface area contributed by atoms with Gasteiger partial charge in [-0.25, -0.2) is 0 Å². The van der Waals surface area contributed by atoms with Crippen molar-refractivity contribution in [1.29, 1.82) is 0 Å². The van der Waals surface area contributed by atoms with E-state index in [1.54, 1.807) is 42.5 Å². The zero-order chi connectivity index (χ0) is 13.0. The molecular weight excluding hydrogens is 228 g/mol. The van der Waals surface area contributed by atoms with Crippen molar-refractivity contribution < 1.29 is 14.3 Å². The van der Waals surface area contributed by atoms with Crippen molar-refractivity contribution in [3.63, 3.8) is 0 Å². The van der Waals surface area contributed by atoms with Crippen LogP contribution in [0.4, 0.5) is 0 Å². The number of hydrogen-bond acceptors (Lipinski definition) is 3. The fraction of sp³-hybridized carbons (Fsp3) is 0.0667. The fourth-order valence-corrected chi connectivity index (χ4v) is 1.72. The lowest BCUT2D eigenvalue weighted by atomic mass is 10.0. The Morgan fingerprint density at radius 3 is 2.39 bits per heavy atom. The average Bonchev–Trinajstić information content (AvgIpc) is 2.46. The molecule has 0 aliphatic heterocycles. The van der Waals surface area contributed by atoms with Crippen LogP contribution in [0.25, 0.3) is 0 Å². The molecule has 0 spiro atoms. The van der Waals surface area contributed by atoms with Crippen molar-refractivity contribution in [2.45, 2.75) is 0 Å². The number of rotatable bonds is 4. The molecule has 0 saturated carbocycles. The van der Waals surface area contributed by atoms with Gasteiger partial charge in [0.2, 0.25) is 0 Å². The SMILES string of the molecule is COc1ccc(C(=O)c2ccccc2)cc1C=O. The molecule has 0 amide bonds. The molecule has 2 aromatic rings. The quantitative estimate of drug-likeness (QED) is 0.609. The lowest BCUT2D eigenvalue weighted by Crippen LogP contribution is -2.02. The highest BCUT2D eigenvalue weighted by Gasteiger charge is 2.11. The summed E-state index contributed by atoms with van der Waals surface area (Å²) in [5, 5.41) is 0. The Morgan fingerprint density at radius 2 is 1.78 bits per heavy atom. The minimum Gasteiger partial charge on any atom is -0.496 e. The van der Waals surface area contributed by atoms with E-state index in [0.29, 0.717) is 28.7 Å². The summed E-state index contributed by atoms with van der Waals surface area (Å²) in [6, 6.07) is 13.8. The van der Waals surface area contributed by atoms with Gasteiger partial charge >= 0.3 is 0 Å². The van der Waals surface area contributed by atoms with E-state index in [0.717, 1.165) is 0 Å². The number of aldehydes is 1. The summed E-state index contributed by atoms with van der Waals surface area (Å²) in [6.45, 7) is 0. The normalized spacial score (nSPS) is 9.83. The third-order valence-electron chi connectivity index (χ3n) is 2.65. The molecule has 0 aromatic heterocycles. The summed E-state index contributed by atoms with van der Waals surface area (Å²) < 4.78 is 5.03. The third kappa shape index (κ3) is 2.30. The lowest BCUT2D eigenvalue weighted by molar-refractivity contribution is 0.103. The summed E-state index contributed by atoms with van der Waals surface area (Å²) in [5.74, 6) is 0.357. The molecule has 18 heavy (non-hydrogen) atoms. The van der Waals surface area contributed by atoms with E-state index >= 15 is 0 Å².